The summed E-state index contributed by atoms with van der Waals surface area (Å²) in [5.74, 6) is -0.620. The molecule has 2 rings (SSSR count). The highest BCUT2D eigenvalue weighted by atomic mass is 32.2. The van der Waals surface area contributed by atoms with Crippen LogP contribution in [-0.4, -0.2) is 30.4 Å². The van der Waals surface area contributed by atoms with Crippen molar-refractivity contribution in [2.45, 2.75) is 6.92 Å². The molecule has 0 unspecified atom stereocenters. The molecule has 0 aliphatic carbocycles. The topological polar surface area (TPSA) is 49.4 Å². The molecule has 0 heterocycles. The number of thioether (sulfide) groups is 1. The monoisotopic (exact) mass is 346 g/mol. The van der Waals surface area contributed by atoms with Crippen LogP contribution in [0, 0.1) is 12.7 Å². The third kappa shape index (κ3) is 5.09. The number of amides is 2. The molecule has 0 radical (unpaired) electrons. The Morgan fingerprint density at radius 1 is 1.08 bits per heavy atom. The molecule has 2 aromatic carbocycles. The van der Waals surface area contributed by atoms with Gasteiger partial charge in [-0.3, -0.25) is 9.59 Å². The van der Waals surface area contributed by atoms with E-state index in [0.29, 0.717) is 0 Å². The van der Waals surface area contributed by atoms with Crippen molar-refractivity contribution in [3.63, 3.8) is 0 Å². The van der Waals surface area contributed by atoms with Gasteiger partial charge in [0.15, 0.2) is 0 Å². The molecular weight excluding hydrogens is 327 g/mol. The van der Waals surface area contributed by atoms with Crippen LogP contribution >= 0.6 is 11.8 Å². The minimum Gasteiger partial charge on any atom is -0.325 e. The molecule has 24 heavy (non-hydrogen) atoms. The van der Waals surface area contributed by atoms with Gasteiger partial charge in [0.2, 0.25) is 11.8 Å². The largest absolute Gasteiger partial charge is 0.325 e. The number of halogens is 1. The van der Waals surface area contributed by atoms with Crippen molar-refractivity contribution in [1.29, 1.82) is 0 Å². The highest BCUT2D eigenvalue weighted by Crippen LogP contribution is 2.18. The summed E-state index contributed by atoms with van der Waals surface area (Å²) in [5, 5.41) is 2.77. The number of aryl methyl sites for hydroxylation is 1. The van der Waals surface area contributed by atoms with E-state index in [-0.39, 0.29) is 29.0 Å². The second-order valence-electron chi connectivity index (χ2n) is 5.31. The van der Waals surface area contributed by atoms with Crippen LogP contribution in [0.2, 0.25) is 0 Å². The van der Waals surface area contributed by atoms with Crippen molar-refractivity contribution >= 4 is 35.0 Å². The Kier molecular flexibility index (Phi) is 6.37. The van der Waals surface area contributed by atoms with E-state index >= 15 is 0 Å². The standard InChI is InChI=1S/C18H19FN2O2S/c1-13-7-9-14(10-8-13)20-17(22)11-24-12-18(23)21(2)16-6-4-3-5-15(16)19/h3-10H,11-12H2,1-2H3,(H,20,22). The molecule has 4 nitrogen and oxygen atoms in total. The Labute approximate surface area is 145 Å². The van der Waals surface area contributed by atoms with Gasteiger partial charge in [-0.1, -0.05) is 29.8 Å². The molecule has 2 aromatic rings. The molecule has 0 saturated carbocycles. The molecule has 126 valence electrons. The predicted molar refractivity (Wildman–Crippen MR) is 96.9 cm³/mol. The van der Waals surface area contributed by atoms with Gasteiger partial charge in [0.25, 0.3) is 0 Å². The summed E-state index contributed by atoms with van der Waals surface area (Å²) in [7, 11) is 1.52. The predicted octanol–water partition coefficient (Wildman–Crippen LogP) is 3.47. The Morgan fingerprint density at radius 2 is 1.75 bits per heavy atom. The van der Waals surface area contributed by atoms with Crippen LogP contribution in [0.5, 0.6) is 0 Å². The lowest BCUT2D eigenvalue weighted by molar-refractivity contribution is -0.116. The third-order valence-electron chi connectivity index (χ3n) is 3.38. The quantitative estimate of drug-likeness (QED) is 0.871. The fourth-order valence-corrected chi connectivity index (χ4v) is 2.75. The smallest absolute Gasteiger partial charge is 0.236 e. The summed E-state index contributed by atoms with van der Waals surface area (Å²) < 4.78 is 13.7. The van der Waals surface area contributed by atoms with Crippen LogP contribution < -0.4 is 10.2 Å². The summed E-state index contributed by atoms with van der Waals surface area (Å²) in [5.41, 5.74) is 2.07. The molecule has 0 bridgehead atoms. The van der Waals surface area contributed by atoms with Crippen LogP contribution in [0.1, 0.15) is 5.56 Å². The van der Waals surface area contributed by atoms with Crippen molar-refractivity contribution in [3.8, 4) is 0 Å². The number of benzene rings is 2. The van der Waals surface area contributed by atoms with Crippen LogP contribution in [0.3, 0.4) is 0 Å². The number of hydrogen-bond acceptors (Lipinski definition) is 3. The van der Waals surface area contributed by atoms with Crippen molar-refractivity contribution in [1.82, 2.24) is 0 Å². The average Bonchev–Trinajstić information content (AvgIpc) is 2.56. The molecule has 1 N–H and O–H groups in total. The third-order valence-corrected chi connectivity index (χ3v) is 4.30. The van der Waals surface area contributed by atoms with Gasteiger partial charge in [-0.05, 0) is 31.2 Å². The van der Waals surface area contributed by atoms with Gasteiger partial charge in [-0.25, -0.2) is 4.39 Å². The number of rotatable bonds is 6. The summed E-state index contributed by atoms with van der Waals surface area (Å²) in [4.78, 5) is 25.2. The Morgan fingerprint density at radius 3 is 2.42 bits per heavy atom. The van der Waals surface area contributed by atoms with E-state index in [0.717, 1.165) is 11.3 Å². The zero-order valence-corrected chi connectivity index (χ0v) is 14.4. The maximum Gasteiger partial charge on any atom is 0.236 e. The first-order valence-electron chi connectivity index (χ1n) is 7.42. The van der Waals surface area contributed by atoms with Crippen molar-refractivity contribution in [3.05, 3.63) is 59.9 Å². The van der Waals surface area contributed by atoms with Crippen LogP contribution in [0.15, 0.2) is 48.5 Å². The zero-order chi connectivity index (χ0) is 17.5. The summed E-state index contributed by atoms with van der Waals surface area (Å²) >= 11 is 1.20. The molecule has 0 aliphatic heterocycles. The lowest BCUT2D eigenvalue weighted by Gasteiger charge is -2.17. The van der Waals surface area contributed by atoms with Gasteiger partial charge < -0.3 is 10.2 Å². The second-order valence-corrected chi connectivity index (χ2v) is 6.30. The van der Waals surface area contributed by atoms with Gasteiger partial charge in [0.05, 0.1) is 17.2 Å². The van der Waals surface area contributed by atoms with Crippen LogP contribution in [-0.2, 0) is 9.59 Å². The molecule has 0 atom stereocenters. The van der Waals surface area contributed by atoms with Gasteiger partial charge in [-0.2, -0.15) is 0 Å². The van der Waals surface area contributed by atoms with E-state index in [2.05, 4.69) is 5.32 Å². The van der Waals surface area contributed by atoms with Crippen molar-refractivity contribution in [2.75, 3.05) is 28.8 Å². The molecular formula is C18H19FN2O2S. The minimum absolute atomic E-state index is 0.103. The molecule has 0 saturated heterocycles. The number of nitrogens with one attached hydrogen (secondary N) is 1. The molecule has 0 aromatic heterocycles. The molecule has 0 fully saturated rings. The maximum atomic E-state index is 13.7. The highest BCUT2D eigenvalue weighted by molar-refractivity contribution is 8.00. The van der Waals surface area contributed by atoms with E-state index in [1.54, 1.807) is 18.2 Å². The minimum atomic E-state index is -0.449. The first kappa shape index (κ1) is 18.0. The number of nitrogens with zero attached hydrogens (tertiary/aromatic N) is 1. The second kappa shape index (κ2) is 8.49. The number of carbonyl (C=O) groups excluding carboxylic acids is 2. The van der Waals surface area contributed by atoms with Gasteiger partial charge >= 0.3 is 0 Å². The zero-order valence-electron chi connectivity index (χ0n) is 13.6. The number of anilines is 2. The summed E-state index contributed by atoms with van der Waals surface area (Å²) in [6, 6.07) is 13.6. The van der Waals surface area contributed by atoms with E-state index in [1.807, 2.05) is 31.2 Å². The highest BCUT2D eigenvalue weighted by Gasteiger charge is 2.15. The summed E-state index contributed by atoms with van der Waals surface area (Å²) in [6.45, 7) is 1.97. The number of carbonyl (C=O) groups is 2. The fourth-order valence-electron chi connectivity index (χ4n) is 2.02. The molecule has 0 spiro atoms. The normalized spacial score (nSPS) is 10.3. The molecule has 6 heteroatoms. The SMILES string of the molecule is Cc1ccc(NC(=O)CSCC(=O)N(C)c2ccccc2F)cc1. The van der Waals surface area contributed by atoms with Crippen molar-refractivity contribution < 1.29 is 14.0 Å². The van der Waals surface area contributed by atoms with Crippen LogP contribution in [0.4, 0.5) is 15.8 Å². The Hall–Kier alpha value is -2.34. The average molecular weight is 346 g/mol. The first-order valence-corrected chi connectivity index (χ1v) is 8.58. The van der Waals surface area contributed by atoms with E-state index < -0.39 is 5.82 Å². The van der Waals surface area contributed by atoms with Gasteiger partial charge in [0.1, 0.15) is 5.82 Å². The molecule has 0 aliphatic rings. The fraction of sp³-hybridized carbons (Fsp3) is 0.222. The molecule has 2 amide bonds. The Bertz CT molecular complexity index is 719. The van der Waals surface area contributed by atoms with Crippen LogP contribution in [0.25, 0.3) is 0 Å². The van der Waals surface area contributed by atoms with E-state index in [4.69, 9.17) is 0 Å². The van der Waals surface area contributed by atoms with E-state index in [1.165, 1.54) is 29.8 Å². The lowest BCUT2D eigenvalue weighted by Crippen LogP contribution is -2.29. The lowest BCUT2D eigenvalue weighted by atomic mass is 10.2. The Balaban J connectivity index is 1.78. The maximum absolute atomic E-state index is 13.7. The number of hydrogen-bond donors (Lipinski definition) is 1. The van der Waals surface area contributed by atoms with Crippen molar-refractivity contribution in [2.24, 2.45) is 0 Å². The van der Waals surface area contributed by atoms with Gasteiger partial charge in [0, 0.05) is 12.7 Å². The van der Waals surface area contributed by atoms with Gasteiger partial charge in [-0.15, -0.1) is 11.8 Å². The van der Waals surface area contributed by atoms with E-state index in [9.17, 15) is 14.0 Å². The number of para-hydroxylation sites is 1. The first-order chi connectivity index (χ1) is 11.5. The summed E-state index contributed by atoms with van der Waals surface area (Å²) in [6.07, 6.45) is 0.